The minimum Gasteiger partial charge on any atom is -0.451 e. The van der Waals surface area contributed by atoms with Crippen LogP contribution in [0.25, 0.3) is 21.7 Å². The van der Waals surface area contributed by atoms with Crippen LogP contribution in [0.4, 0.5) is 11.4 Å². The van der Waals surface area contributed by atoms with Crippen LogP contribution in [-0.2, 0) is 10.0 Å². The van der Waals surface area contributed by atoms with Crippen LogP contribution in [-0.4, -0.2) is 14.3 Å². The Bertz CT molecular complexity index is 1520. The van der Waals surface area contributed by atoms with Gasteiger partial charge < -0.3 is 9.73 Å². The van der Waals surface area contributed by atoms with E-state index in [1.807, 2.05) is 48.5 Å². The number of sulfonamides is 1. The van der Waals surface area contributed by atoms with E-state index in [-0.39, 0.29) is 10.7 Å². The summed E-state index contributed by atoms with van der Waals surface area (Å²) in [5.74, 6) is -0.230. The Morgan fingerprint density at radius 3 is 2.22 bits per heavy atom. The van der Waals surface area contributed by atoms with Gasteiger partial charge in [0.15, 0.2) is 5.76 Å². The van der Waals surface area contributed by atoms with Crippen LogP contribution < -0.4 is 10.0 Å². The minimum atomic E-state index is -3.80. The maximum atomic E-state index is 12.9. The molecule has 32 heavy (non-hydrogen) atoms. The van der Waals surface area contributed by atoms with Gasteiger partial charge in [-0.15, -0.1) is 0 Å². The number of para-hydroxylation sites is 1. The van der Waals surface area contributed by atoms with Gasteiger partial charge in [0.05, 0.1) is 10.6 Å². The SMILES string of the molecule is O=C(Nc1ccc(S(=O)(=O)Nc2cccc3ccccc23)cc1)c1cc2ccccc2o1. The molecule has 0 saturated carbocycles. The Kier molecular flexibility index (Phi) is 4.88. The predicted octanol–water partition coefficient (Wildman–Crippen LogP) is 5.64. The molecule has 4 aromatic carbocycles. The summed E-state index contributed by atoms with van der Waals surface area (Å²) in [6, 6.07) is 28.0. The summed E-state index contributed by atoms with van der Waals surface area (Å²) in [5.41, 5.74) is 1.59. The predicted molar refractivity (Wildman–Crippen MR) is 125 cm³/mol. The zero-order valence-corrected chi connectivity index (χ0v) is 17.6. The number of fused-ring (bicyclic) bond motifs is 2. The van der Waals surface area contributed by atoms with Crippen LogP contribution in [0.15, 0.2) is 106 Å². The molecule has 0 bridgehead atoms. The molecular formula is C25H18N2O4S. The van der Waals surface area contributed by atoms with Crippen molar-refractivity contribution < 1.29 is 17.6 Å². The molecule has 0 aliphatic carbocycles. The van der Waals surface area contributed by atoms with E-state index in [1.165, 1.54) is 24.3 Å². The molecule has 0 radical (unpaired) electrons. The van der Waals surface area contributed by atoms with Crippen molar-refractivity contribution in [2.75, 3.05) is 10.0 Å². The molecule has 5 aromatic rings. The van der Waals surface area contributed by atoms with E-state index in [9.17, 15) is 13.2 Å². The number of benzene rings is 4. The molecule has 158 valence electrons. The van der Waals surface area contributed by atoms with Crippen molar-refractivity contribution in [2.45, 2.75) is 4.90 Å². The fraction of sp³-hybridized carbons (Fsp3) is 0. The van der Waals surface area contributed by atoms with Gasteiger partial charge in [-0.2, -0.15) is 0 Å². The highest BCUT2D eigenvalue weighted by Crippen LogP contribution is 2.26. The van der Waals surface area contributed by atoms with Crippen molar-refractivity contribution in [3.05, 3.63) is 103 Å². The highest BCUT2D eigenvalue weighted by Gasteiger charge is 2.17. The zero-order valence-electron chi connectivity index (χ0n) is 16.8. The Labute approximate surface area is 184 Å². The zero-order chi connectivity index (χ0) is 22.1. The lowest BCUT2D eigenvalue weighted by Gasteiger charge is -2.11. The maximum absolute atomic E-state index is 12.9. The van der Waals surface area contributed by atoms with Crippen molar-refractivity contribution in [3.63, 3.8) is 0 Å². The number of rotatable bonds is 5. The van der Waals surface area contributed by atoms with Gasteiger partial charge in [0.1, 0.15) is 5.58 Å². The van der Waals surface area contributed by atoms with Gasteiger partial charge in [0, 0.05) is 16.5 Å². The van der Waals surface area contributed by atoms with Crippen LogP contribution in [0.5, 0.6) is 0 Å². The lowest BCUT2D eigenvalue weighted by molar-refractivity contribution is 0.0998. The molecule has 0 atom stereocenters. The van der Waals surface area contributed by atoms with Crippen molar-refractivity contribution >= 4 is 49.0 Å². The van der Waals surface area contributed by atoms with Gasteiger partial charge in [-0.1, -0.05) is 54.6 Å². The Morgan fingerprint density at radius 2 is 1.44 bits per heavy atom. The summed E-state index contributed by atoms with van der Waals surface area (Å²) in [5, 5.41) is 5.31. The van der Waals surface area contributed by atoms with E-state index in [0.717, 1.165) is 16.2 Å². The number of nitrogens with one attached hydrogen (secondary N) is 2. The molecule has 5 rings (SSSR count). The average Bonchev–Trinajstić information content (AvgIpc) is 3.24. The number of anilines is 2. The summed E-state index contributed by atoms with van der Waals surface area (Å²) in [6.45, 7) is 0. The smallest absolute Gasteiger partial charge is 0.291 e. The lowest BCUT2D eigenvalue weighted by Crippen LogP contribution is -2.14. The molecule has 0 unspecified atom stereocenters. The van der Waals surface area contributed by atoms with Gasteiger partial charge in [-0.05, 0) is 47.9 Å². The molecule has 1 amide bonds. The third kappa shape index (κ3) is 3.81. The highest BCUT2D eigenvalue weighted by molar-refractivity contribution is 7.92. The van der Waals surface area contributed by atoms with E-state index in [2.05, 4.69) is 10.0 Å². The fourth-order valence-electron chi connectivity index (χ4n) is 3.52. The molecule has 2 N–H and O–H groups in total. The largest absolute Gasteiger partial charge is 0.451 e. The molecule has 7 heteroatoms. The van der Waals surface area contributed by atoms with Gasteiger partial charge in [-0.25, -0.2) is 8.42 Å². The van der Waals surface area contributed by atoms with Crippen LogP contribution in [0.3, 0.4) is 0 Å². The van der Waals surface area contributed by atoms with Crippen molar-refractivity contribution in [2.24, 2.45) is 0 Å². The summed E-state index contributed by atoms with van der Waals surface area (Å²) in [4.78, 5) is 12.6. The molecule has 0 aliphatic heterocycles. The Hall–Kier alpha value is -4.10. The lowest BCUT2D eigenvalue weighted by atomic mass is 10.1. The number of carbonyl (C=O) groups is 1. The van der Waals surface area contributed by atoms with Crippen LogP contribution >= 0.6 is 0 Å². The van der Waals surface area contributed by atoms with E-state index in [0.29, 0.717) is 17.0 Å². The number of furan rings is 1. The maximum Gasteiger partial charge on any atom is 0.291 e. The van der Waals surface area contributed by atoms with Gasteiger partial charge in [-0.3, -0.25) is 9.52 Å². The first-order chi connectivity index (χ1) is 15.5. The first-order valence-corrected chi connectivity index (χ1v) is 11.4. The fourth-order valence-corrected chi connectivity index (χ4v) is 4.60. The molecular weight excluding hydrogens is 424 g/mol. The van der Waals surface area contributed by atoms with Crippen molar-refractivity contribution in [3.8, 4) is 0 Å². The second-order valence-electron chi connectivity index (χ2n) is 7.26. The Morgan fingerprint density at radius 1 is 0.750 bits per heavy atom. The minimum absolute atomic E-state index is 0.0900. The summed E-state index contributed by atoms with van der Waals surface area (Å²) >= 11 is 0. The van der Waals surface area contributed by atoms with E-state index >= 15 is 0 Å². The standard InChI is InChI=1S/C25H18N2O4S/c28-25(24-16-18-7-2-4-11-23(18)31-24)26-19-12-14-20(15-13-19)32(29,30)27-22-10-5-8-17-6-1-3-9-21(17)22/h1-16,27H,(H,26,28). The third-order valence-electron chi connectivity index (χ3n) is 5.11. The summed E-state index contributed by atoms with van der Waals surface area (Å²) in [7, 11) is -3.80. The topological polar surface area (TPSA) is 88.4 Å². The first kappa shape index (κ1) is 19.8. The number of carbonyl (C=O) groups excluding carboxylic acids is 1. The van der Waals surface area contributed by atoms with E-state index in [1.54, 1.807) is 24.3 Å². The quantitative estimate of drug-likeness (QED) is 0.369. The molecule has 0 aliphatic rings. The molecule has 1 heterocycles. The van der Waals surface area contributed by atoms with Gasteiger partial charge >= 0.3 is 0 Å². The summed E-state index contributed by atoms with van der Waals surface area (Å²) in [6.07, 6.45) is 0. The molecule has 0 spiro atoms. The van der Waals surface area contributed by atoms with E-state index in [4.69, 9.17) is 4.42 Å². The van der Waals surface area contributed by atoms with Gasteiger partial charge in [0.25, 0.3) is 15.9 Å². The van der Waals surface area contributed by atoms with Crippen LogP contribution in [0, 0.1) is 0 Å². The molecule has 0 saturated heterocycles. The number of amides is 1. The summed E-state index contributed by atoms with van der Waals surface area (Å²) < 4.78 is 34.0. The monoisotopic (exact) mass is 442 g/mol. The average molecular weight is 442 g/mol. The molecule has 0 fully saturated rings. The van der Waals surface area contributed by atoms with Crippen molar-refractivity contribution in [1.29, 1.82) is 0 Å². The van der Waals surface area contributed by atoms with E-state index < -0.39 is 15.9 Å². The second kappa shape index (κ2) is 7.86. The Balaban J connectivity index is 1.34. The third-order valence-corrected chi connectivity index (χ3v) is 6.49. The van der Waals surface area contributed by atoms with Gasteiger partial charge in [0.2, 0.25) is 0 Å². The highest BCUT2D eigenvalue weighted by atomic mass is 32.2. The van der Waals surface area contributed by atoms with Crippen molar-refractivity contribution in [1.82, 2.24) is 0 Å². The number of hydrogen-bond acceptors (Lipinski definition) is 4. The van der Waals surface area contributed by atoms with Crippen LogP contribution in [0.2, 0.25) is 0 Å². The van der Waals surface area contributed by atoms with Crippen LogP contribution in [0.1, 0.15) is 10.6 Å². The second-order valence-corrected chi connectivity index (χ2v) is 8.94. The normalized spacial score (nSPS) is 11.5. The number of hydrogen-bond donors (Lipinski definition) is 2. The molecule has 6 nitrogen and oxygen atoms in total. The molecule has 1 aromatic heterocycles. The first-order valence-electron chi connectivity index (χ1n) is 9.90.